The lowest BCUT2D eigenvalue weighted by atomic mass is 10.6. The number of nitrogens with zero attached hydrogens (tertiary/aromatic N) is 2. The Kier molecular flexibility index (Phi) is 1.52. The van der Waals surface area contributed by atoms with Crippen LogP contribution in [0.3, 0.4) is 0 Å². The molecule has 0 radical (unpaired) electrons. The fraction of sp³-hybridized carbons (Fsp3) is 0. The fourth-order valence-electron chi connectivity index (χ4n) is 0.435. The van der Waals surface area contributed by atoms with Gasteiger partial charge in [0.2, 0.25) is 5.82 Å². The van der Waals surface area contributed by atoms with Crippen molar-refractivity contribution >= 4 is 22.1 Å². The van der Waals surface area contributed by atoms with E-state index in [1.807, 2.05) is 0 Å². The number of carboxylic acids is 1. The fourth-order valence-corrected chi connectivity index (χ4v) is 0.784. The minimum absolute atomic E-state index is 0.0185. The van der Waals surface area contributed by atoms with Crippen molar-refractivity contribution in [2.45, 2.75) is 0 Å². The van der Waals surface area contributed by atoms with Gasteiger partial charge < -0.3 is 5.11 Å². The normalized spacial score (nSPS) is 9.44. The molecule has 1 heterocycles. The summed E-state index contributed by atoms with van der Waals surface area (Å²) in [7, 11) is 0. The number of halogens is 1. The first kappa shape index (κ1) is 6.28. The third-order valence-corrected chi connectivity index (χ3v) is 1.36. The van der Waals surface area contributed by atoms with Gasteiger partial charge in [0, 0.05) is 12.4 Å². The van der Waals surface area contributed by atoms with Crippen molar-refractivity contribution in [2.24, 2.45) is 0 Å². The summed E-state index contributed by atoms with van der Waals surface area (Å²) in [5.74, 6) is -1.06. The number of aromatic carboxylic acids is 1. The average Bonchev–Trinajstić information content (AvgIpc) is 2.13. The predicted molar refractivity (Wildman–Crippen MR) is 33.5 cm³/mol. The highest BCUT2D eigenvalue weighted by atomic mass is 79.9. The van der Waals surface area contributed by atoms with Gasteiger partial charge in [0.1, 0.15) is 0 Å². The van der Waals surface area contributed by atoms with E-state index in [1.54, 1.807) is 0 Å². The topological polar surface area (TPSA) is 55.1 Å². The quantitative estimate of drug-likeness (QED) is 0.711. The zero-order chi connectivity index (χ0) is 6.85. The summed E-state index contributed by atoms with van der Waals surface area (Å²) in [6, 6.07) is 0. The van der Waals surface area contributed by atoms with Crippen LogP contribution in [0.4, 0.5) is 0 Å². The molecule has 0 unspecified atom stereocenters. The molecule has 5 heteroatoms. The molecule has 0 fully saturated rings. The van der Waals surface area contributed by atoms with E-state index in [9.17, 15) is 4.79 Å². The Balaban J connectivity index is 3.08. The SMILES string of the molecule is O=C(O)c1nccn1Br. The molecule has 1 aromatic rings. The first-order valence-corrected chi connectivity index (χ1v) is 2.85. The molecule has 0 aromatic carbocycles. The van der Waals surface area contributed by atoms with Crippen LogP contribution in [0.2, 0.25) is 0 Å². The van der Waals surface area contributed by atoms with Gasteiger partial charge in [0.15, 0.2) is 0 Å². The van der Waals surface area contributed by atoms with Crippen molar-refractivity contribution < 1.29 is 9.90 Å². The van der Waals surface area contributed by atoms with Crippen LogP contribution in [0.5, 0.6) is 0 Å². The molecule has 0 spiro atoms. The Labute approximate surface area is 59.5 Å². The first-order chi connectivity index (χ1) is 4.22. The molecule has 0 saturated heterocycles. The average molecular weight is 191 g/mol. The van der Waals surface area contributed by atoms with Gasteiger partial charge in [-0.2, -0.15) is 0 Å². The van der Waals surface area contributed by atoms with Crippen LogP contribution in [0.15, 0.2) is 12.4 Å². The van der Waals surface area contributed by atoms with Gasteiger partial charge in [-0.15, -0.1) is 0 Å². The summed E-state index contributed by atoms with van der Waals surface area (Å²) < 4.78 is 1.26. The van der Waals surface area contributed by atoms with E-state index in [-0.39, 0.29) is 5.82 Å². The molecule has 0 aliphatic heterocycles. The van der Waals surface area contributed by atoms with Gasteiger partial charge >= 0.3 is 5.97 Å². The molecule has 9 heavy (non-hydrogen) atoms. The molecular weight excluding hydrogens is 188 g/mol. The molecule has 1 N–H and O–H groups in total. The summed E-state index contributed by atoms with van der Waals surface area (Å²) in [5.41, 5.74) is 0. The maximum atomic E-state index is 10.2. The van der Waals surface area contributed by atoms with Crippen LogP contribution in [0, 0.1) is 0 Å². The van der Waals surface area contributed by atoms with Crippen molar-refractivity contribution in [1.29, 1.82) is 0 Å². The molecular formula is C4H3BrN2O2. The van der Waals surface area contributed by atoms with E-state index >= 15 is 0 Å². The molecule has 0 amide bonds. The summed E-state index contributed by atoms with van der Waals surface area (Å²) in [5, 5.41) is 8.34. The molecule has 1 rings (SSSR count). The highest BCUT2D eigenvalue weighted by Gasteiger charge is 2.07. The molecule has 48 valence electrons. The standard InChI is InChI=1S/C4H3BrN2O2/c5-7-2-1-6-3(7)4(8)9/h1-2H,(H,8,9). The second-order valence-electron chi connectivity index (χ2n) is 1.37. The predicted octanol–water partition coefficient (Wildman–Crippen LogP) is 0.739. The third-order valence-electron chi connectivity index (χ3n) is 0.788. The third kappa shape index (κ3) is 1.10. The van der Waals surface area contributed by atoms with E-state index in [1.165, 1.54) is 16.0 Å². The summed E-state index contributed by atoms with van der Waals surface area (Å²) in [6.07, 6.45) is 2.90. The number of carboxylic acid groups (broad SMARTS) is 1. The van der Waals surface area contributed by atoms with Crippen molar-refractivity contribution in [3.05, 3.63) is 18.2 Å². The molecule has 0 saturated carbocycles. The Bertz CT molecular complexity index is 232. The van der Waals surface area contributed by atoms with Crippen LogP contribution in [-0.4, -0.2) is 19.7 Å². The molecule has 0 atom stereocenters. The van der Waals surface area contributed by atoms with E-state index in [2.05, 4.69) is 21.1 Å². The maximum absolute atomic E-state index is 10.2. The van der Waals surface area contributed by atoms with Crippen molar-refractivity contribution in [3.63, 3.8) is 0 Å². The van der Waals surface area contributed by atoms with Gasteiger partial charge in [-0.1, -0.05) is 0 Å². The molecule has 0 bridgehead atoms. The number of rotatable bonds is 1. The first-order valence-electron chi connectivity index (χ1n) is 2.14. The molecule has 0 aliphatic carbocycles. The Morgan fingerprint density at radius 1 is 1.89 bits per heavy atom. The number of imidazole rings is 1. The van der Waals surface area contributed by atoms with Crippen molar-refractivity contribution in [1.82, 2.24) is 8.58 Å². The van der Waals surface area contributed by atoms with Gasteiger partial charge in [-0.3, -0.25) is 3.59 Å². The number of hydrogen-bond acceptors (Lipinski definition) is 2. The lowest BCUT2D eigenvalue weighted by molar-refractivity contribution is 0.0683. The molecule has 4 nitrogen and oxygen atoms in total. The van der Waals surface area contributed by atoms with Crippen molar-refractivity contribution in [3.8, 4) is 0 Å². The van der Waals surface area contributed by atoms with E-state index in [0.717, 1.165) is 0 Å². The maximum Gasteiger partial charge on any atom is 0.372 e. The Morgan fingerprint density at radius 2 is 2.56 bits per heavy atom. The summed E-state index contributed by atoms with van der Waals surface area (Å²) in [4.78, 5) is 13.7. The lowest BCUT2D eigenvalue weighted by Gasteiger charge is -1.88. The van der Waals surface area contributed by atoms with E-state index in [4.69, 9.17) is 5.11 Å². The smallest absolute Gasteiger partial charge is 0.372 e. The van der Waals surface area contributed by atoms with Gasteiger partial charge in [0.25, 0.3) is 0 Å². The minimum atomic E-state index is -1.04. The summed E-state index contributed by atoms with van der Waals surface area (Å²) >= 11 is 2.94. The Morgan fingerprint density at radius 3 is 2.78 bits per heavy atom. The van der Waals surface area contributed by atoms with Crippen LogP contribution >= 0.6 is 16.1 Å². The van der Waals surface area contributed by atoms with Gasteiger partial charge in [-0.25, -0.2) is 9.78 Å². The Hall–Kier alpha value is -0.840. The highest BCUT2D eigenvalue weighted by Crippen LogP contribution is 1.99. The number of hydrogen-bond donors (Lipinski definition) is 1. The van der Waals surface area contributed by atoms with Crippen LogP contribution in [-0.2, 0) is 0 Å². The number of aromatic nitrogens is 2. The molecule has 1 aromatic heterocycles. The zero-order valence-corrected chi connectivity index (χ0v) is 5.87. The van der Waals surface area contributed by atoms with Gasteiger partial charge in [-0.05, 0) is 0 Å². The monoisotopic (exact) mass is 190 g/mol. The second-order valence-corrected chi connectivity index (χ2v) is 2.13. The van der Waals surface area contributed by atoms with Crippen LogP contribution < -0.4 is 0 Å². The van der Waals surface area contributed by atoms with Crippen LogP contribution in [0.25, 0.3) is 0 Å². The minimum Gasteiger partial charge on any atom is -0.475 e. The second kappa shape index (κ2) is 2.18. The summed E-state index contributed by atoms with van der Waals surface area (Å²) in [6.45, 7) is 0. The zero-order valence-electron chi connectivity index (χ0n) is 4.28. The van der Waals surface area contributed by atoms with Crippen LogP contribution in [0.1, 0.15) is 10.6 Å². The highest BCUT2D eigenvalue weighted by molar-refractivity contribution is 9.08. The molecule has 0 aliphatic rings. The van der Waals surface area contributed by atoms with Crippen molar-refractivity contribution in [2.75, 3.05) is 0 Å². The van der Waals surface area contributed by atoms with E-state index in [0.29, 0.717) is 0 Å². The lowest BCUT2D eigenvalue weighted by Crippen LogP contribution is -2.01. The largest absolute Gasteiger partial charge is 0.475 e. The van der Waals surface area contributed by atoms with Gasteiger partial charge in [0.05, 0.1) is 16.1 Å². The van der Waals surface area contributed by atoms with E-state index < -0.39 is 5.97 Å². The number of carbonyl (C=O) groups is 1.